The first kappa shape index (κ1) is 18.4. The van der Waals surface area contributed by atoms with Crippen LogP contribution in [0.15, 0.2) is 58.5 Å². The van der Waals surface area contributed by atoms with Crippen LogP contribution in [-0.2, 0) is 4.79 Å². The smallest absolute Gasteiger partial charge is 0.294 e. The van der Waals surface area contributed by atoms with Gasteiger partial charge in [0, 0.05) is 16.1 Å². The summed E-state index contributed by atoms with van der Waals surface area (Å²) >= 11 is 7.07. The van der Waals surface area contributed by atoms with Gasteiger partial charge in [-0.1, -0.05) is 35.5 Å². The quantitative estimate of drug-likeness (QED) is 0.315. The van der Waals surface area contributed by atoms with Crippen molar-refractivity contribution in [2.75, 3.05) is 11.1 Å². The van der Waals surface area contributed by atoms with Crippen LogP contribution in [0.3, 0.4) is 0 Å². The second-order valence-corrected chi connectivity index (χ2v) is 7.37. The Morgan fingerprint density at radius 1 is 1.14 bits per heavy atom. The topological polar surface area (TPSA) is 89.2 Å². The maximum atomic E-state index is 12.3. The number of aromatic nitrogens is 4. The number of thioether (sulfide) groups is 1. The number of hydrogen-bond acceptors (Lipinski definition) is 6. The highest BCUT2D eigenvalue weighted by atomic mass is 35.5. The molecule has 0 radical (unpaired) electrons. The molecule has 0 saturated carbocycles. The molecule has 28 heavy (non-hydrogen) atoms. The van der Waals surface area contributed by atoms with Gasteiger partial charge in [0.2, 0.25) is 5.91 Å². The molecule has 1 N–H and O–H groups in total. The number of nitrogens with one attached hydrogen (secondary N) is 1. The van der Waals surface area contributed by atoms with Crippen LogP contribution in [0.1, 0.15) is 5.69 Å². The SMILES string of the molecule is Cc1nn2c(SCC(=O)Nc3ccc(Cl)cc3)nc3ccccc3c2nc1=O. The van der Waals surface area contributed by atoms with Gasteiger partial charge in [-0.2, -0.15) is 14.6 Å². The molecule has 2 aromatic carbocycles. The maximum absolute atomic E-state index is 12.3. The second kappa shape index (κ2) is 7.57. The lowest BCUT2D eigenvalue weighted by molar-refractivity contribution is -0.113. The summed E-state index contributed by atoms with van der Waals surface area (Å²) in [7, 11) is 0. The Morgan fingerprint density at radius 2 is 1.89 bits per heavy atom. The van der Waals surface area contributed by atoms with E-state index >= 15 is 0 Å². The number of carbonyl (C=O) groups excluding carboxylic acids is 1. The fourth-order valence-electron chi connectivity index (χ4n) is 2.64. The van der Waals surface area contributed by atoms with Crippen molar-refractivity contribution >= 4 is 51.5 Å². The molecule has 1 amide bonds. The molecule has 140 valence electrons. The Balaban J connectivity index is 1.65. The van der Waals surface area contributed by atoms with Crippen molar-refractivity contribution in [2.24, 2.45) is 0 Å². The van der Waals surface area contributed by atoms with Gasteiger partial charge in [0.1, 0.15) is 5.69 Å². The number of nitrogens with zero attached hydrogens (tertiary/aromatic N) is 4. The lowest BCUT2D eigenvalue weighted by Gasteiger charge is -2.10. The molecular weight excluding hydrogens is 398 g/mol. The second-order valence-electron chi connectivity index (χ2n) is 5.99. The molecule has 0 aliphatic carbocycles. The van der Waals surface area contributed by atoms with E-state index in [0.717, 1.165) is 5.39 Å². The van der Waals surface area contributed by atoms with E-state index < -0.39 is 0 Å². The molecule has 0 fully saturated rings. The summed E-state index contributed by atoms with van der Waals surface area (Å²) in [5, 5.41) is 8.92. The van der Waals surface area contributed by atoms with Gasteiger partial charge in [-0.3, -0.25) is 9.59 Å². The van der Waals surface area contributed by atoms with Gasteiger partial charge in [0.15, 0.2) is 10.8 Å². The van der Waals surface area contributed by atoms with Gasteiger partial charge < -0.3 is 5.32 Å². The predicted molar refractivity (Wildman–Crippen MR) is 110 cm³/mol. The molecule has 0 aliphatic heterocycles. The van der Waals surface area contributed by atoms with Crippen LogP contribution in [0.4, 0.5) is 5.69 Å². The Morgan fingerprint density at radius 3 is 2.68 bits per heavy atom. The molecule has 0 spiro atoms. The highest BCUT2D eigenvalue weighted by molar-refractivity contribution is 7.99. The average molecular weight is 412 g/mol. The number of rotatable bonds is 4. The fourth-order valence-corrected chi connectivity index (χ4v) is 3.51. The Bertz CT molecular complexity index is 1260. The first-order valence-corrected chi connectivity index (χ1v) is 9.72. The number of hydrogen-bond donors (Lipinski definition) is 1. The van der Waals surface area contributed by atoms with Crippen LogP contribution in [0.5, 0.6) is 0 Å². The van der Waals surface area contributed by atoms with Crippen molar-refractivity contribution in [3.63, 3.8) is 0 Å². The first-order valence-electron chi connectivity index (χ1n) is 8.36. The van der Waals surface area contributed by atoms with Crippen molar-refractivity contribution in [3.05, 3.63) is 69.6 Å². The normalized spacial score (nSPS) is 11.1. The largest absolute Gasteiger partial charge is 0.325 e. The highest BCUT2D eigenvalue weighted by Gasteiger charge is 2.14. The molecule has 0 unspecified atom stereocenters. The van der Waals surface area contributed by atoms with Gasteiger partial charge in [0.05, 0.1) is 11.3 Å². The zero-order valence-corrected chi connectivity index (χ0v) is 16.3. The van der Waals surface area contributed by atoms with Crippen LogP contribution >= 0.6 is 23.4 Å². The van der Waals surface area contributed by atoms with Gasteiger partial charge >= 0.3 is 0 Å². The maximum Gasteiger partial charge on any atom is 0.294 e. The molecule has 0 aliphatic rings. The zero-order valence-electron chi connectivity index (χ0n) is 14.7. The number of anilines is 1. The van der Waals surface area contributed by atoms with E-state index in [1.165, 1.54) is 16.3 Å². The van der Waals surface area contributed by atoms with Crippen LogP contribution in [0.25, 0.3) is 16.6 Å². The third kappa shape index (κ3) is 3.69. The summed E-state index contributed by atoms with van der Waals surface area (Å²) in [6, 6.07) is 14.2. The number of amides is 1. The number of para-hydroxylation sites is 1. The molecule has 0 bridgehead atoms. The van der Waals surface area contributed by atoms with Crippen molar-refractivity contribution in [1.29, 1.82) is 0 Å². The number of halogens is 1. The number of fused-ring (bicyclic) bond motifs is 3. The van der Waals surface area contributed by atoms with E-state index in [1.54, 1.807) is 31.2 Å². The first-order chi connectivity index (χ1) is 13.5. The van der Waals surface area contributed by atoms with Crippen molar-refractivity contribution in [3.8, 4) is 0 Å². The third-order valence-electron chi connectivity index (χ3n) is 3.97. The molecule has 4 rings (SSSR count). The van der Waals surface area contributed by atoms with Gasteiger partial charge in [-0.15, -0.1) is 0 Å². The molecule has 0 atom stereocenters. The fraction of sp³-hybridized carbons (Fsp3) is 0.105. The van der Waals surface area contributed by atoms with E-state index in [0.29, 0.717) is 27.0 Å². The van der Waals surface area contributed by atoms with Crippen molar-refractivity contribution in [2.45, 2.75) is 12.1 Å². The van der Waals surface area contributed by atoms with E-state index in [-0.39, 0.29) is 22.9 Å². The minimum Gasteiger partial charge on any atom is -0.325 e. The van der Waals surface area contributed by atoms with Crippen LogP contribution < -0.4 is 10.9 Å². The molecule has 9 heteroatoms. The van der Waals surface area contributed by atoms with Crippen molar-refractivity contribution in [1.82, 2.24) is 19.6 Å². The monoisotopic (exact) mass is 411 g/mol. The number of carbonyl (C=O) groups is 1. The van der Waals surface area contributed by atoms with Crippen LogP contribution in [-0.4, -0.2) is 31.2 Å². The van der Waals surface area contributed by atoms with Crippen molar-refractivity contribution < 1.29 is 4.79 Å². The van der Waals surface area contributed by atoms with E-state index in [2.05, 4.69) is 20.4 Å². The lowest BCUT2D eigenvalue weighted by Crippen LogP contribution is -2.19. The minimum absolute atomic E-state index is 0.121. The summed E-state index contributed by atoms with van der Waals surface area (Å²) < 4.78 is 1.51. The summed E-state index contributed by atoms with van der Waals surface area (Å²) in [6.45, 7) is 1.60. The molecule has 0 saturated heterocycles. The summed E-state index contributed by atoms with van der Waals surface area (Å²) in [4.78, 5) is 33.0. The number of benzene rings is 2. The van der Waals surface area contributed by atoms with E-state index in [9.17, 15) is 9.59 Å². The Labute approximate surface area is 168 Å². The minimum atomic E-state index is -0.382. The highest BCUT2D eigenvalue weighted by Crippen LogP contribution is 2.23. The standard InChI is InChI=1S/C19H14ClN5O2S/c1-11-18(27)23-17-14-4-2-3-5-15(14)22-19(25(17)24-11)28-10-16(26)21-13-8-6-12(20)7-9-13/h2-9H,10H2,1H3,(H,21,26). The van der Waals surface area contributed by atoms with Crippen LogP contribution in [0, 0.1) is 6.92 Å². The summed E-state index contributed by atoms with van der Waals surface area (Å²) in [5.74, 6) is -0.0724. The summed E-state index contributed by atoms with van der Waals surface area (Å²) in [6.07, 6.45) is 0. The zero-order chi connectivity index (χ0) is 19.7. The van der Waals surface area contributed by atoms with Crippen LogP contribution in [0.2, 0.25) is 5.02 Å². The van der Waals surface area contributed by atoms with E-state index in [4.69, 9.17) is 11.6 Å². The molecule has 2 heterocycles. The Kier molecular flexibility index (Phi) is 4.97. The van der Waals surface area contributed by atoms with Gasteiger partial charge in [-0.05, 0) is 43.3 Å². The molecule has 2 aromatic heterocycles. The molecule has 4 aromatic rings. The molecule has 7 nitrogen and oxygen atoms in total. The van der Waals surface area contributed by atoms with E-state index in [1.807, 2.05) is 24.3 Å². The predicted octanol–water partition coefficient (Wildman–Crippen LogP) is 3.33. The molecular formula is C19H14ClN5O2S. The Hall–Kier alpha value is -2.97. The average Bonchev–Trinajstić information content (AvgIpc) is 2.69. The van der Waals surface area contributed by atoms with Gasteiger partial charge in [0.25, 0.3) is 5.56 Å². The summed E-state index contributed by atoms with van der Waals surface area (Å²) in [5.41, 5.74) is 1.64. The van der Waals surface area contributed by atoms with Gasteiger partial charge in [-0.25, -0.2) is 4.98 Å². The number of aryl methyl sites for hydroxylation is 1. The third-order valence-corrected chi connectivity index (χ3v) is 5.15. The lowest BCUT2D eigenvalue weighted by atomic mass is 10.2.